The quantitative estimate of drug-likeness (QED) is 0.0638. The summed E-state index contributed by atoms with van der Waals surface area (Å²) in [7, 11) is 4.45. The first-order chi connectivity index (χ1) is 20.6. The third-order valence-electron chi connectivity index (χ3n) is 7.53. The van der Waals surface area contributed by atoms with E-state index in [0.29, 0.717) is 19.8 Å². The van der Waals surface area contributed by atoms with E-state index in [1.54, 1.807) is 0 Å². The zero-order valence-electron chi connectivity index (χ0n) is 28.9. The van der Waals surface area contributed by atoms with E-state index in [9.17, 15) is 0 Å². The molecule has 0 aliphatic rings. The van der Waals surface area contributed by atoms with Gasteiger partial charge in [0.25, 0.3) is 0 Å². The maximum atomic E-state index is 8.97. The Hall–Kier alpha value is -0.600. The molecule has 0 bridgehead atoms. The van der Waals surface area contributed by atoms with Crippen molar-refractivity contribution in [1.29, 1.82) is 0 Å². The van der Waals surface area contributed by atoms with Gasteiger partial charge in [0.2, 0.25) is 0 Å². The van der Waals surface area contributed by atoms with Gasteiger partial charge in [0.15, 0.2) is 0 Å². The molecule has 0 heterocycles. The van der Waals surface area contributed by atoms with E-state index in [4.69, 9.17) is 19.3 Å². The first kappa shape index (κ1) is 44.5. The van der Waals surface area contributed by atoms with Crippen molar-refractivity contribution in [2.75, 3.05) is 66.8 Å². The number of hydrogen-bond acceptors (Lipinski definition) is 4. The molecule has 0 radical (unpaired) electrons. The molecule has 0 aliphatic heterocycles. The van der Waals surface area contributed by atoms with Crippen molar-refractivity contribution in [1.82, 2.24) is 0 Å². The normalized spacial score (nSPS) is 11.7. The number of unbranched alkanes of at least 4 members (excludes halogenated alkanes) is 16. The number of likely N-dealkylation sites (N-methyl/N-ethyl adjacent to an activating group) is 1. The van der Waals surface area contributed by atoms with Crippen LogP contribution in [-0.2, 0) is 14.2 Å². The summed E-state index contributed by atoms with van der Waals surface area (Å²) >= 11 is 0. The molecule has 0 aromatic carbocycles. The summed E-state index contributed by atoms with van der Waals surface area (Å²) in [6, 6.07) is 0. The molecule has 0 aliphatic carbocycles. The van der Waals surface area contributed by atoms with Crippen molar-refractivity contribution in [2.45, 2.75) is 148 Å². The summed E-state index contributed by atoms with van der Waals surface area (Å²) in [6.07, 6.45) is 24.2. The SMILES string of the molecule is CCCCC#CCCCCCCCCOCC(C[N+](C)(C)CCOCCO)OCCCCCCCCC#CCCCC.[Br-]. The highest BCUT2D eigenvalue weighted by atomic mass is 79.9. The monoisotopic (exact) mass is 671 g/mol. The maximum absolute atomic E-state index is 8.97. The molecule has 1 N–H and O–H groups in total. The summed E-state index contributed by atoms with van der Waals surface area (Å²) in [5.74, 6) is 13.2. The first-order valence-corrected chi connectivity index (χ1v) is 17.7. The zero-order valence-corrected chi connectivity index (χ0v) is 30.5. The van der Waals surface area contributed by atoms with Crippen LogP contribution in [0, 0.1) is 23.7 Å². The molecule has 43 heavy (non-hydrogen) atoms. The van der Waals surface area contributed by atoms with E-state index >= 15 is 0 Å². The lowest BCUT2D eigenvalue weighted by atomic mass is 10.1. The smallest absolute Gasteiger partial charge is 0.130 e. The van der Waals surface area contributed by atoms with Gasteiger partial charge in [-0.25, -0.2) is 0 Å². The number of quaternary nitrogens is 1. The van der Waals surface area contributed by atoms with E-state index in [2.05, 4.69) is 51.6 Å². The standard InChI is InChI=1S/C37H70NO4.BrH/c1-5-7-9-11-13-15-17-19-21-23-25-27-31-41-36-37(35-38(3,4)29-33-40-34-30-39)42-32-28-26-24-22-20-18-16-14-12-10-8-6-2;/h37,39H,5-10,15-36H2,1-4H3;1H/q+1;/p-1. The van der Waals surface area contributed by atoms with Crippen molar-refractivity contribution >= 4 is 0 Å². The first-order valence-electron chi connectivity index (χ1n) is 17.7. The Labute approximate surface area is 278 Å². The lowest BCUT2D eigenvalue weighted by molar-refractivity contribution is -0.894. The van der Waals surface area contributed by atoms with E-state index in [1.807, 2.05) is 0 Å². The van der Waals surface area contributed by atoms with Gasteiger partial charge in [-0.3, -0.25) is 0 Å². The van der Waals surface area contributed by atoms with Crippen molar-refractivity contribution < 1.29 is 40.8 Å². The van der Waals surface area contributed by atoms with E-state index in [-0.39, 0.29) is 29.7 Å². The van der Waals surface area contributed by atoms with Crippen LogP contribution in [0.1, 0.15) is 142 Å². The highest BCUT2D eigenvalue weighted by molar-refractivity contribution is 4.98. The Morgan fingerprint density at radius 2 is 1.02 bits per heavy atom. The number of ether oxygens (including phenoxy) is 3. The average Bonchev–Trinajstić information content (AvgIpc) is 2.97. The summed E-state index contributed by atoms with van der Waals surface area (Å²) in [4.78, 5) is 0. The van der Waals surface area contributed by atoms with E-state index in [0.717, 1.165) is 69.3 Å². The molecule has 0 aromatic heterocycles. The molecule has 0 aromatic rings. The number of halogens is 1. The Balaban J connectivity index is 0. The van der Waals surface area contributed by atoms with Crippen LogP contribution < -0.4 is 17.0 Å². The van der Waals surface area contributed by atoms with Crippen LogP contribution in [0.2, 0.25) is 0 Å². The van der Waals surface area contributed by atoms with Gasteiger partial charge in [-0.15, -0.1) is 23.7 Å². The lowest BCUT2D eigenvalue weighted by Gasteiger charge is -2.33. The predicted molar refractivity (Wildman–Crippen MR) is 180 cm³/mol. The number of aliphatic hydroxyl groups excluding tert-OH is 1. The van der Waals surface area contributed by atoms with Gasteiger partial charge >= 0.3 is 0 Å². The highest BCUT2D eigenvalue weighted by Crippen LogP contribution is 2.11. The minimum absolute atomic E-state index is 0. The molecule has 254 valence electrons. The molecular weight excluding hydrogens is 602 g/mol. The molecule has 5 nitrogen and oxygen atoms in total. The number of hydrogen-bond donors (Lipinski definition) is 1. The van der Waals surface area contributed by atoms with Gasteiger partial charge < -0.3 is 40.8 Å². The molecule has 0 rings (SSSR count). The molecular formula is C37H70BrNO4. The summed E-state index contributed by atoms with van der Waals surface area (Å²) in [5.41, 5.74) is 0. The minimum Gasteiger partial charge on any atom is -1.00 e. The molecule has 6 heteroatoms. The summed E-state index contributed by atoms with van der Waals surface area (Å²) < 4.78 is 18.8. The number of nitrogens with zero attached hydrogens (tertiary/aromatic N) is 1. The van der Waals surface area contributed by atoms with Gasteiger partial charge in [-0.2, -0.15) is 0 Å². The van der Waals surface area contributed by atoms with Crippen LogP contribution in [0.15, 0.2) is 0 Å². The van der Waals surface area contributed by atoms with E-state index in [1.165, 1.54) is 89.9 Å². The topological polar surface area (TPSA) is 47.9 Å². The summed E-state index contributed by atoms with van der Waals surface area (Å²) in [5, 5.41) is 8.97. The largest absolute Gasteiger partial charge is 1.00 e. The van der Waals surface area contributed by atoms with Gasteiger partial charge in [0.1, 0.15) is 19.2 Å². The Kier molecular flexibility index (Phi) is 37.1. The molecule has 0 amide bonds. The molecule has 0 spiro atoms. The van der Waals surface area contributed by atoms with Gasteiger partial charge in [0, 0.05) is 38.9 Å². The van der Waals surface area contributed by atoms with Crippen molar-refractivity contribution in [3.8, 4) is 23.7 Å². The third kappa shape index (κ3) is 35.7. The second kappa shape index (κ2) is 35.9. The van der Waals surface area contributed by atoms with Crippen LogP contribution in [0.5, 0.6) is 0 Å². The second-order valence-electron chi connectivity index (χ2n) is 12.4. The van der Waals surface area contributed by atoms with Crippen LogP contribution in [0.3, 0.4) is 0 Å². The fourth-order valence-corrected chi connectivity index (χ4v) is 4.77. The predicted octanol–water partition coefficient (Wildman–Crippen LogP) is 5.33. The van der Waals surface area contributed by atoms with Crippen LogP contribution in [0.25, 0.3) is 0 Å². The average molecular weight is 673 g/mol. The Bertz CT molecular complexity index is 680. The van der Waals surface area contributed by atoms with Crippen molar-refractivity contribution in [3.63, 3.8) is 0 Å². The Morgan fingerprint density at radius 3 is 1.53 bits per heavy atom. The van der Waals surface area contributed by atoms with Gasteiger partial charge in [-0.1, -0.05) is 78.1 Å². The number of aliphatic hydroxyl groups is 1. The van der Waals surface area contributed by atoms with Crippen molar-refractivity contribution in [2.24, 2.45) is 0 Å². The molecule has 0 saturated heterocycles. The third-order valence-corrected chi connectivity index (χ3v) is 7.53. The molecule has 1 atom stereocenters. The van der Waals surface area contributed by atoms with E-state index < -0.39 is 0 Å². The number of rotatable bonds is 30. The summed E-state index contributed by atoms with van der Waals surface area (Å²) in [6.45, 7) is 9.66. The van der Waals surface area contributed by atoms with Crippen LogP contribution >= 0.6 is 0 Å². The van der Waals surface area contributed by atoms with Crippen LogP contribution in [-0.4, -0.2) is 82.5 Å². The van der Waals surface area contributed by atoms with Crippen molar-refractivity contribution in [3.05, 3.63) is 0 Å². The fraction of sp³-hybridized carbons (Fsp3) is 0.892. The lowest BCUT2D eigenvalue weighted by Crippen LogP contribution is -3.00. The zero-order chi connectivity index (χ0) is 30.8. The minimum atomic E-state index is 0. The maximum Gasteiger partial charge on any atom is 0.130 e. The van der Waals surface area contributed by atoms with Gasteiger partial charge in [-0.05, 0) is 38.5 Å². The molecule has 1 unspecified atom stereocenters. The second-order valence-corrected chi connectivity index (χ2v) is 12.4. The Morgan fingerprint density at radius 1 is 0.558 bits per heavy atom. The molecule has 0 saturated carbocycles. The fourth-order valence-electron chi connectivity index (χ4n) is 4.77. The molecule has 0 fully saturated rings. The highest BCUT2D eigenvalue weighted by Gasteiger charge is 2.23. The van der Waals surface area contributed by atoms with Crippen LogP contribution in [0.4, 0.5) is 0 Å². The van der Waals surface area contributed by atoms with Gasteiger partial charge in [0.05, 0.1) is 40.5 Å².